The third-order valence-corrected chi connectivity index (χ3v) is 13.0. The molecule has 2 aromatic rings. The van der Waals surface area contributed by atoms with Gasteiger partial charge in [-0.15, -0.1) is 0 Å². The number of amides is 1. The molecule has 0 unspecified atom stereocenters. The zero-order valence-corrected chi connectivity index (χ0v) is 23.8. The number of furan rings is 1. The molecule has 2 spiro atoms. The van der Waals surface area contributed by atoms with Crippen molar-refractivity contribution in [2.45, 2.75) is 76.4 Å². The normalized spacial score (nSPS) is 45.7. The average molecular weight is 541 g/mol. The largest absolute Gasteiger partial charge is 0.472 e. The van der Waals surface area contributed by atoms with E-state index < -0.39 is 16.4 Å². The molecular formula is C34H40N2O4. The number of hydrogen-bond acceptors (Lipinski definition) is 5. The van der Waals surface area contributed by atoms with Crippen LogP contribution in [0.2, 0.25) is 0 Å². The third kappa shape index (κ3) is 2.69. The van der Waals surface area contributed by atoms with Crippen LogP contribution < -0.4 is 5.32 Å². The molecule has 1 aromatic carbocycles. The van der Waals surface area contributed by atoms with Crippen molar-refractivity contribution in [2.75, 3.05) is 18.9 Å². The Balaban J connectivity index is 1.32. The maximum absolute atomic E-state index is 15.4. The Morgan fingerprint density at radius 3 is 2.65 bits per heavy atom. The van der Waals surface area contributed by atoms with E-state index in [4.69, 9.17) is 4.42 Å². The van der Waals surface area contributed by atoms with Crippen molar-refractivity contribution in [3.8, 4) is 0 Å². The fourth-order valence-electron chi connectivity index (χ4n) is 11.3. The smallest absolute Gasteiger partial charge is 0.250 e. The summed E-state index contributed by atoms with van der Waals surface area (Å²) in [5, 5.41) is 13.7. The number of hydrogen-bond donors (Lipinski definition) is 2. The predicted octanol–water partition coefficient (Wildman–Crippen LogP) is 5.65. The first-order valence-corrected chi connectivity index (χ1v) is 15.2. The number of para-hydroxylation sites is 1. The number of Topliss-reactive ketones (excluding diaryl/α,β-unsaturated/α-hetero) is 1. The lowest BCUT2D eigenvalue weighted by Crippen LogP contribution is -2.58. The molecule has 6 aliphatic rings. The number of fused-ring (bicyclic) bond motifs is 8. The third-order valence-electron chi connectivity index (χ3n) is 13.0. The molecule has 40 heavy (non-hydrogen) atoms. The van der Waals surface area contributed by atoms with E-state index in [2.05, 4.69) is 36.2 Å². The molecule has 4 aliphatic carbocycles. The topological polar surface area (TPSA) is 82.8 Å². The van der Waals surface area contributed by atoms with Crippen LogP contribution in [0.4, 0.5) is 5.69 Å². The number of anilines is 1. The maximum atomic E-state index is 15.4. The number of aliphatic hydroxyl groups is 1. The van der Waals surface area contributed by atoms with Gasteiger partial charge in [0.25, 0.3) is 5.91 Å². The maximum Gasteiger partial charge on any atom is 0.250 e. The van der Waals surface area contributed by atoms with Crippen LogP contribution in [0.15, 0.2) is 58.9 Å². The second kappa shape index (κ2) is 7.98. The first kappa shape index (κ1) is 25.0. The monoisotopic (exact) mass is 540 g/mol. The van der Waals surface area contributed by atoms with Gasteiger partial charge in [0.2, 0.25) is 0 Å². The number of carbonyl (C=O) groups excluding carboxylic acids is 2. The van der Waals surface area contributed by atoms with Crippen LogP contribution in [0.1, 0.15) is 75.8 Å². The molecule has 0 bridgehead atoms. The molecule has 210 valence electrons. The van der Waals surface area contributed by atoms with E-state index in [1.54, 1.807) is 12.5 Å². The van der Waals surface area contributed by atoms with Gasteiger partial charge in [0, 0.05) is 29.1 Å². The highest BCUT2D eigenvalue weighted by Crippen LogP contribution is 2.75. The molecular weight excluding hydrogens is 500 g/mol. The summed E-state index contributed by atoms with van der Waals surface area (Å²) in [6.45, 7) is 5.29. The number of rotatable bonds is 1. The number of carbonyl (C=O) groups is 2. The van der Waals surface area contributed by atoms with Crippen molar-refractivity contribution in [1.82, 2.24) is 4.90 Å². The number of likely N-dealkylation sites (N-methyl/N-ethyl adjacent to an activating group) is 1. The summed E-state index contributed by atoms with van der Waals surface area (Å²) in [5.74, 6) is 1.21. The lowest BCUT2D eigenvalue weighted by molar-refractivity contribution is -0.148. The quantitative estimate of drug-likeness (QED) is 0.457. The van der Waals surface area contributed by atoms with Crippen LogP contribution in [0.25, 0.3) is 0 Å². The van der Waals surface area contributed by atoms with Crippen LogP contribution in [-0.4, -0.2) is 41.4 Å². The van der Waals surface area contributed by atoms with E-state index in [0.717, 1.165) is 55.3 Å². The lowest BCUT2D eigenvalue weighted by atomic mass is 9.48. The second-order valence-corrected chi connectivity index (χ2v) is 14.3. The number of benzene rings is 1. The van der Waals surface area contributed by atoms with E-state index in [9.17, 15) is 9.90 Å². The van der Waals surface area contributed by atoms with Crippen molar-refractivity contribution < 1.29 is 19.1 Å². The number of ketones is 1. The van der Waals surface area contributed by atoms with Gasteiger partial charge in [-0.1, -0.05) is 43.7 Å². The zero-order chi connectivity index (χ0) is 27.7. The highest BCUT2D eigenvalue weighted by Gasteiger charge is 2.80. The van der Waals surface area contributed by atoms with Crippen LogP contribution in [-0.2, 0) is 15.1 Å². The molecule has 9 atom stereocenters. The van der Waals surface area contributed by atoms with Crippen LogP contribution >= 0.6 is 0 Å². The minimum atomic E-state index is -1.05. The highest BCUT2D eigenvalue weighted by molar-refractivity contribution is 6.12. The minimum Gasteiger partial charge on any atom is -0.472 e. The highest BCUT2D eigenvalue weighted by atomic mass is 16.3. The Morgan fingerprint density at radius 2 is 1.85 bits per heavy atom. The molecule has 0 radical (unpaired) electrons. The van der Waals surface area contributed by atoms with Gasteiger partial charge < -0.3 is 14.8 Å². The lowest BCUT2D eigenvalue weighted by Gasteiger charge is -2.56. The molecule has 2 aliphatic heterocycles. The van der Waals surface area contributed by atoms with Crippen molar-refractivity contribution in [1.29, 1.82) is 0 Å². The second-order valence-electron chi connectivity index (χ2n) is 14.3. The molecule has 8 rings (SSSR count). The van der Waals surface area contributed by atoms with Gasteiger partial charge in [-0.2, -0.15) is 0 Å². The Hall–Kier alpha value is -2.70. The number of nitrogens with one attached hydrogen (secondary N) is 1. The number of allylic oxidation sites excluding steroid dienone is 1. The molecule has 1 saturated heterocycles. The van der Waals surface area contributed by atoms with Gasteiger partial charge in [-0.05, 0) is 92.9 Å². The first-order valence-electron chi connectivity index (χ1n) is 15.2. The molecule has 3 heterocycles. The van der Waals surface area contributed by atoms with Gasteiger partial charge in [-0.3, -0.25) is 14.5 Å². The summed E-state index contributed by atoms with van der Waals surface area (Å²) in [4.78, 5) is 32.0. The zero-order valence-electron chi connectivity index (χ0n) is 23.8. The number of nitrogens with zero attached hydrogens (tertiary/aromatic N) is 1. The fraction of sp³-hybridized carbons (Fsp3) is 0.588. The van der Waals surface area contributed by atoms with E-state index >= 15 is 4.79 Å². The average Bonchev–Trinajstić information content (AvgIpc) is 3.68. The van der Waals surface area contributed by atoms with Crippen molar-refractivity contribution >= 4 is 17.4 Å². The van der Waals surface area contributed by atoms with E-state index in [-0.39, 0.29) is 35.0 Å². The van der Waals surface area contributed by atoms with E-state index in [1.165, 1.54) is 5.57 Å². The standard InChI is InChI=1S/C34H40N2O4/c1-31-13-10-22(37)16-21(31)8-9-23-24(31)11-14-32(2)26(23)17-33(29(32)38)27(20-12-15-40-19-20)18-36(3)34(33)25-6-4-5-7-28(25)35-30(34)39/h4-8,12,15,19,22-24,26-27,37H,9-11,13-14,16-18H2,1-3H3,(H,35,39)/t22-,23+,24-,26-,27-,31-,32-,33+,34+/m0/s1. The van der Waals surface area contributed by atoms with Gasteiger partial charge in [0.15, 0.2) is 0 Å². The van der Waals surface area contributed by atoms with E-state index in [1.807, 2.05) is 31.3 Å². The summed E-state index contributed by atoms with van der Waals surface area (Å²) < 4.78 is 5.60. The van der Waals surface area contributed by atoms with Crippen LogP contribution in [0.3, 0.4) is 0 Å². The predicted molar refractivity (Wildman–Crippen MR) is 151 cm³/mol. The summed E-state index contributed by atoms with van der Waals surface area (Å²) in [6.07, 6.45) is 11.9. The van der Waals surface area contributed by atoms with Gasteiger partial charge in [0.05, 0.1) is 24.0 Å². The molecule has 3 saturated carbocycles. The molecule has 4 fully saturated rings. The van der Waals surface area contributed by atoms with Gasteiger partial charge in [0.1, 0.15) is 11.3 Å². The van der Waals surface area contributed by atoms with Crippen molar-refractivity contribution in [3.63, 3.8) is 0 Å². The van der Waals surface area contributed by atoms with Crippen molar-refractivity contribution in [2.24, 2.45) is 34.0 Å². The SMILES string of the molecule is CN1C[C@@H](c2ccoc2)[C@@]2(C[C@H]3[C@@H]4CC=C5C[C@@H](O)CC[C@]5(C)[C@H]4CC[C@]3(C)C2=O)[C@@]12C(=O)Nc1ccccc12. The summed E-state index contributed by atoms with van der Waals surface area (Å²) in [6, 6.07) is 10.0. The first-order chi connectivity index (χ1) is 19.2. The molecule has 1 amide bonds. The Kier molecular flexibility index (Phi) is 4.99. The fourth-order valence-corrected chi connectivity index (χ4v) is 11.3. The summed E-state index contributed by atoms with van der Waals surface area (Å²) in [7, 11) is 2.04. The number of likely N-dealkylation sites (tertiary alicyclic amines) is 1. The minimum absolute atomic E-state index is 0.0617. The van der Waals surface area contributed by atoms with Gasteiger partial charge in [-0.25, -0.2) is 0 Å². The van der Waals surface area contributed by atoms with Crippen molar-refractivity contribution in [3.05, 3.63) is 65.6 Å². The summed E-state index contributed by atoms with van der Waals surface area (Å²) >= 11 is 0. The Morgan fingerprint density at radius 1 is 1.05 bits per heavy atom. The van der Waals surface area contributed by atoms with E-state index in [0.29, 0.717) is 24.8 Å². The molecule has 1 aromatic heterocycles. The number of aliphatic hydroxyl groups excluding tert-OH is 1. The molecule has 6 nitrogen and oxygen atoms in total. The molecule has 6 heteroatoms. The van der Waals surface area contributed by atoms with Crippen LogP contribution in [0, 0.1) is 34.0 Å². The van der Waals surface area contributed by atoms with Gasteiger partial charge >= 0.3 is 0 Å². The summed E-state index contributed by atoms with van der Waals surface area (Å²) in [5.41, 5.74) is 1.91. The Bertz CT molecular complexity index is 1450. The Labute approximate surface area is 236 Å². The van der Waals surface area contributed by atoms with Crippen LogP contribution in [0.5, 0.6) is 0 Å². The molecule has 2 N–H and O–H groups in total.